The van der Waals surface area contributed by atoms with E-state index < -0.39 is 0 Å². The lowest BCUT2D eigenvalue weighted by molar-refractivity contribution is 0.101. The molecule has 0 bridgehead atoms. The van der Waals surface area contributed by atoms with Gasteiger partial charge in [0.1, 0.15) is 11.2 Å². The van der Waals surface area contributed by atoms with E-state index in [0.717, 1.165) is 42.5 Å². The number of aromatic nitrogens is 4. The number of hydrogen-bond acceptors (Lipinski definition) is 7. The number of nitrogens with one attached hydrogen (secondary N) is 3. The van der Waals surface area contributed by atoms with Crippen molar-refractivity contribution in [1.82, 2.24) is 24.8 Å². The topological polar surface area (TPSA) is 116 Å². The molecule has 6 rings (SSSR count). The van der Waals surface area contributed by atoms with Crippen LogP contribution in [0.25, 0.3) is 21.8 Å². The van der Waals surface area contributed by atoms with Crippen LogP contribution in [0.15, 0.2) is 54.7 Å². The van der Waals surface area contributed by atoms with Crippen LogP contribution in [0.4, 0.5) is 11.1 Å². The molecular formula is C30H31N7O2S. The molecule has 10 heteroatoms. The van der Waals surface area contributed by atoms with Crippen molar-refractivity contribution in [3.05, 3.63) is 76.6 Å². The van der Waals surface area contributed by atoms with Crippen LogP contribution in [-0.2, 0) is 13.0 Å². The van der Waals surface area contributed by atoms with Crippen LogP contribution in [0.5, 0.6) is 0 Å². The molecule has 2 amide bonds. The molecular weight excluding hydrogens is 522 g/mol. The van der Waals surface area contributed by atoms with Crippen molar-refractivity contribution in [3.63, 3.8) is 0 Å². The maximum Gasteiger partial charge on any atom is 0.276 e. The van der Waals surface area contributed by atoms with Gasteiger partial charge in [-0.25, -0.2) is 9.97 Å². The Morgan fingerprint density at radius 2 is 1.85 bits per heavy atom. The molecule has 0 aliphatic carbocycles. The van der Waals surface area contributed by atoms with Gasteiger partial charge in [0.2, 0.25) is 5.95 Å². The van der Waals surface area contributed by atoms with Crippen molar-refractivity contribution in [2.75, 3.05) is 23.7 Å². The quantitative estimate of drug-likeness (QED) is 0.221. The monoisotopic (exact) mass is 553 g/mol. The van der Waals surface area contributed by atoms with Crippen molar-refractivity contribution in [3.8, 4) is 0 Å². The molecule has 9 nitrogen and oxygen atoms in total. The third-order valence-corrected chi connectivity index (χ3v) is 8.55. The third-order valence-electron chi connectivity index (χ3n) is 7.55. The zero-order valence-electron chi connectivity index (χ0n) is 22.5. The van der Waals surface area contributed by atoms with E-state index in [1.165, 1.54) is 17.7 Å². The summed E-state index contributed by atoms with van der Waals surface area (Å²) in [5.74, 6) is 0.285. The lowest BCUT2D eigenvalue weighted by atomic mass is 10.0. The predicted molar refractivity (Wildman–Crippen MR) is 159 cm³/mol. The smallest absolute Gasteiger partial charge is 0.276 e. The second-order valence-electron chi connectivity index (χ2n) is 10.2. The number of hydrogen-bond donors (Lipinski definition) is 3. The van der Waals surface area contributed by atoms with E-state index in [0.29, 0.717) is 27.6 Å². The van der Waals surface area contributed by atoms with Crippen molar-refractivity contribution in [2.45, 2.75) is 39.7 Å². The van der Waals surface area contributed by atoms with E-state index in [9.17, 15) is 9.59 Å². The first-order valence-electron chi connectivity index (χ1n) is 13.7. The molecule has 0 radical (unpaired) electrons. The molecule has 5 aromatic rings. The summed E-state index contributed by atoms with van der Waals surface area (Å²) in [4.78, 5) is 46.5. The number of rotatable bonds is 8. The fourth-order valence-electron chi connectivity index (χ4n) is 5.19. The van der Waals surface area contributed by atoms with Crippen molar-refractivity contribution >= 4 is 56.0 Å². The number of fused-ring (bicyclic) bond motifs is 3. The van der Waals surface area contributed by atoms with Crippen LogP contribution in [0, 0.1) is 5.92 Å². The van der Waals surface area contributed by atoms with E-state index in [4.69, 9.17) is 4.98 Å². The number of amides is 2. The van der Waals surface area contributed by atoms with Gasteiger partial charge in [-0.15, -0.1) is 11.3 Å². The summed E-state index contributed by atoms with van der Waals surface area (Å²) >= 11 is 1.54. The van der Waals surface area contributed by atoms with Gasteiger partial charge in [-0.3, -0.25) is 30.1 Å². The zero-order chi connectivity index (χ0) is 27.6. The second kappa shape index (κ2) is 11.1. The summed E-state index contributed by atoms with van der Waals surface area (Å²) in [5.41, 5.74) is 2.88. The molecule has 0 unspecified atom stereocenters. The summed E-state index contributed by atoms with van der Waals surface area (Å²) in [7, 11) is 0. The largest absolute Gasteiger partial charge is 0.324 e. The van der Waals surface area contributed by atoms with Gasteiger partial charge in [0, 0.05) is 42.5 Å². The second-order valence-corrected chi connectivity index (χ2v) is 11.3. The van der Waals surface area contributed by atoms with Gasteiger partial charge >= 0.3 is 0 Å². The van der Waals surface area contributed by atoms with Gasteiger partial charge in [-0.1, -0.05) is 57.0 Å². The number of para-hydroxylation sites is 1. The summed E-state index contributed by atoms with van der Waals surface area (Å²) in [6.45, 7) is 7.48. The Morgan fingerprint density at radius 1 is 1.02 bits per heavy atom. The average molecular weight is 554 g/mol. The van der Waals surface area contributed by atoms with E-state index in [-0.39, 0.29) is 23.5 Å². The molecule has 0 spiro atoms. The number of anilines is 2. The standard InChI is InChI=1S/C30H31N7O2S/c1-3-18(4-2)16-37-13-12-22-25(17-37)40-30(33-22)36-27(38)21-10-7-11-23-26(21)34-29(32-23)35-28(39)24-14-19-8-5-6-9-20(19)15-31-24/h5-11,14-15,18H,3-4,12-13,16-17H2,1-2H3,(H,33,36,38)(H2,32,34,35,39). The Labute approximate surface area is 236 Å². The van der Waals surface area contributed by atoms with Crippen molar-refractivity contribution in [1.29, 1.82) is 0 Å². The lowest BCUT2D eigenvalue weighted by Crippen LogP contribution is -2.33. The SMILES string of the molecule is CCC(CC)CN1CCc2nc(NC(=O)c3cccc4[nH]c(NC(=O)c5cc6ccccc6cn5)nc34)sc2C1. The Hall–Kier alpha value is -4.15. The van der Waals surface area contributed by atoms with E-state index in [2.05, 4.69) is 44.3 Å². The maximum absolute atomic E-state index is 13.3. The highest BCUT2D eigenvalue weighted by atomic mass is 32.1. The molecule has 3 aromatic heterocycles. The van der Waals surface area contributed by atoms with Gasteiger partial charge < -0.3 is 4.98 Å². The number of nitrogens with zero attached hydrogens (tertiary/aromatic N) is 4. The van der Waals surface area contributed by atoms with Gasteiger partial charge in [0.15, 0.2) is 5.13 Å². The minimum absolute atomic E-state index is 0.248. The highest BCUT2D eigenvalue weighted by Gasteiger charge is 2.24. The maximum atomic E-state index is 13.3. The molecule has 1 aliphatic rings. The van der Waals surface area contributed by atoms with Gasteiger partial charge in [-0.05, 0) is 29.5 Å². The Kier molecular flexibility index (Phi) is 7.27. The number of thiazole rings is 1. The molecule has 0 saturated heterocycles. The molecule has 0 fully saturated rings. The summed E-state index contributed by atoms with van der Waals surface area (Å²) < 4.78 is 0. The number of H-pyrrole nitrogens is 1. The first-order chi connectivity index (χ1) is 19.5. The average Bonchev–Trinajstić information content (AvgIpc) is 3.57. The molecule has 204 valence electrons. The van der Waals surface area contributed by atoms with Crippen LogP contribution < -0.4 is 10.6 Å². The first kappa shape index (κ1) is 26.1. The number of aromatic amines is 1. The summed E-state index contributed by atoms with van der Waals surface area (Å²) in [6.07, 6.45) is 4.95. The number of pyridine rings is 1. The highest BCUT2D eigenvalue weighted by molar-refractivity contribution is 7.15. The van der Waals surface area contributed by atoms with Gasteiger partial charge in [-0.2, -0.15) is 0 Å². The molecule has 0 saturated carbocycles. The lowest BCUT2D eigenvalue weighted by Gasteiger charge is -2.29. The normalized spacial score (nSPS) is 13.6. The number of imidazole rings is 1. The van der Waals surface area contributed by atoms with Crippen LogP contribution in [0.2, 0.25) is 0 Å². The Morgan fingerprint density at radius 3 is 2.67 bits per heavy atom. The molecule has 40 heavy (non-hydrogen) atoms. The van der Waals surface area contributed by atoms with Crippen LogP contribution in [0.1, 0.15) is 58.1 Å². The zero-order valence-corrected chi connectivity index (χ0v) is 23.3. The summed E-state index contributed by atoms with van der Waals surface area (Å²) in [6, 6.07) is 14.8. The predicted octanol–water partition coefficient (Wildman–Crippen LogP) is 5.87. The fraction of sp³-hybridized carbons (Fsp3) is 0.300. The third kappa shape index (κ3) is 5.32. The minimum atomic E-state index is -0.387. The molecule has 0 atom stereocenters. The Balaban J connectivity index is 1.16. The molecule has 2 aromatic carbocycles. The van der Waals surface area contributed by atoms with E-state index >= 15 is 0 Å². The van der Waals surface area contributed by atoms with Crippen LogP contribution in [0.3, 0.4) is 0 Å². The van der Waals surface area contributed by atoms with E-state index in [1.807, 2.05) is 30.3 Å². The Bertz CT molecular complexity index is 1710. The first-order valence-corrected chi connectivity index (χ1v) is 14.5. The van der Waals surface area contributed by atoms with Gasteiger partial charge in [0.05, 0.1) is 16.8 Å². The highest BCUT2D eigenvalue weighted by Crippen LogP contribution is 2.30. The van der Waals surface area contributed by atoms with Crippen LogP contribution in [-0.4, -0.2) is 49.7 Å². The van der Waals surface area contributed by atoms with Crippen LogP contribution >= 0.6 is 11.3 Å². The molecule has 3 N–H and O–H groups in total. The minimum Gasteiger partial charge on any atom is -0.324 e. The molecule has 1 aliphatic heterocycles. The number of carbonyl (C=O) groups is 2. The molecule has 4 heterocycles. The summed E-state index contributed by atoms with van der Waals surface area (Å²) in [5, 5.41) is 8.23. The number of benzene rings is 2. The van der Waals surface area contributed by atoms with Crippen molar-refractivity contribution in [2.24, 2.45) is 5.92 Å². The fourth-order valence-corrected chi connectivity index (χ4v) is 6.23. The van der Waals surface area contributed by atoms with E-state index in [1.54, 1.807) is 35.7 Å². The van der Waals surface area contributed by atoms with Crippen molar-refractivity contribution < 1.29 is 9.59 Å². The van der Waals surface area contributed by atoms with Gasteiger partial charge in [0.25, 0.3) is 11.8 Å². The number of carbonyl (C=O) groups excluding carboxylic acids is 2.